The molecule has 0 saturated heterocycles. The van der Waals surface area contributed by atoms with Gasteiger partial charge < -0.3 is 5.32 Å². The molecule has 0 radical (unpaired) electrons. The van der Waals surface area contributed by atoms with E-state index < -0.39 is 0 Å². The van der Waals surface area contributed by atoms with Crippen LogP contribution in [0.15, 0.2) is 35.1 Å². The minimum absolute atomic E-state index is 0.884. The van der Waals surface area contributed by atoms with Crippen molar-refractivity contribution < 1.29 is 0 Å². The summed E-state index contributed by atoms with van der Waals surface area (Å²) in [5.41, 5.74) is 3.50. The minimum atomic E-state index is 0.884. The van der Waals surface area contributed by atoms with Crippen LogP contribution in [0.2, 0.25) is 0 Å². The van der Waals surface area contributed by atoms with Crippen LogP contribution in [0.1, 0.15) is 18.1 Å². The summed E-state index contributed by atoms with van der Waals surface area (Å²) in [5.74, 6) is 0. The Hall–Kier alpha value is -1.13. The number of nitrogens with zero attached hydrogens (tertiary/aromatic N) is 2. The van der Waals surface area contributed by atoms with E-state index in [0.29, 0.717) is 0 Å². The fraction of sp³-hybridized carbons (Fsp3) is 0.308. The number of hydrogen-bond donors (Lipinski definition) is 1. The Kier molecular flexibility index (Phi) is 3.97. The lowest BCUT2D eigenvalue weighted by molar-refractivity contribution is 0.724. The van der Waals surface area contributed by atoms with Gasteiger partial charge in [-0.15, -0.1) is 0 Å². The topological polar surface area (TPSA) is 29.9 Å². The van der Waals surface area contributed by atoms with Gasteiger partial charge in [0.25, 0.3) is 0 Å². The van der Waals surface area contributed by atoms with Crippen LogP contribution in [-0.4, -0.2) is 16.3 Å². The maximum Gasteiger partial charge on any atom is 0.0657 e. The molecule has 0 aliphatic carbocycles. The minimum Gasteiger partial charge on any atom is -0.313 e. The van der Waals surface area contributed by atoms with Gasteiger partial charge >= 0.3 is 0 Å². The molecule has 1 aromatic heterocycles. The van der Waals surface area contributed by atoms with Crippen LogP contribution in [0.25, 0.3) is 5.69 Å². The monoisotopic (exact) mass is 293 g/mol. The second-order valence-corrected chi connectivity index (χ2v) is 4.87. The molecule has 0 spiro atoms. The Morgan fingerprint density at radius 1 is 1.41 bits per heavy atom. The van der Waals surface area contributed by atoms with E-state index >= 15 is 0 Å². The number of rotatable bonds is 4. The normalized spacial score (nSPS) is 10.8. The molecule has 0 fully saturated rings. The maximum absolute atomic E-state index is 4.30. The highest BCUT2D eigenvalue weighted by Crippen LogP contribution is 2.20. The largest absolute Gasteiger partial charge is 0.313 e. The highest BCUT2D eigenvalue weighted by Gasteiger charge is 2.03. The molecule has 2 rings (SSSR count). The van der Waals surface area contributed by atoms with Crippen LogP contribution < -0.4 is 5.32 Å². The van der Waals surface area contributed by atoms with Crippen LogP contribution in [0.5, 0.6) is 0 Å². The van der Waals surface area contributed by atoms with Crippen molar-refractivity contribution in [2.24, 2.45) is 0 Å². The van der Waals surface area contributed by atoms with Gasteiger partial charge in [-0.2, -0.15) is 5.10 Å². The lowest BCUT2D eigenvalue weighted by Crippen LogP contribution is -2.12. The number of benzene rings is 1. The third-order valence-electron chi connectivity index (χ3n) is 2.58. The second kappa shape index (κ2) is 5.47. The molecule has 0 bridgehead atoms. The first kappa shape index (κ1) is 12.3. The molecule has 1 N–H and O–H groups in total. The van der Waals surface area contributed by atoms with E-state index in [-0.39, 0.29) is 0 Å². The molecule has 0 saturated carbocycles. The van der Waals surface area contributed by atoms with Gasteiger partial charge in [-0.05, 0) is 36.7 Å². The van der Waals surface area contributed by atoms with Gasteiger partial charge in [0.05, 0.1) is 11.9 Å². The van der Waals surface area contributed by atoms with Crippen LogP contribution >= 0.6 is 15.9 Å². The second-order valence-electron chi connectivity index (χ2n) is 4.02. The Morgan fingerprint density at radius 2 is 2.24 bits per heavy atom. The summed E-state index contributed by atoms with van der Waals surface area (Å²) in [6, 6.07) is 6.31. The van der Waals surface area contributed by atoms with Crippen LogP contribution in [-0.2, 0) is 6.54 Å². The van der Waals surface area contributed by atoms with Crippen molar-refractivity contribution in [3.63, 3.8) is 0 Å². The first-order valence-electron chi connectivity index (χ1n) is 5.71. The first-order chi connectivity index (χ1) is 8.20. The molecular weight excluding hydrogens is 278 g/mol. The first-order valence-corrected chi connectivity index (χ1v) is 6.51. The van der Waals surface area contributed by atoms with E-state index in [1.807, 2.05) is 24.0 Å². The predicted octanol–water partition coefficient (Wildman–Crippen LogP) is 3.05. The average molecular weight is 294 g/mol. The average Bonchev–Trinajstić information content (AvgIpc) is 2.74. The fourth-order valence-corrected chi connectivity index (χ4v) is 2.14. The summed E-state index contributed by atoms with van der Waals surface area (Å²) >= 11 is 3.60. The molecule has 0 atom stereocenters. The number of halogens is 1. The van der Waals surface area contributed by atoms with E-state index in [2.05, 4.69) is 51.5 Å². The third kappa shape index (κ3) is 2.96. The van der Waals surface area contributed by atoms with Gasteiger partial charge in [0.1, 0.15) is 0 Å². The molecule has 0 aliphatic rings. The number of aromatic nitrogens is 2. The van der Waals surface area contributed by atoms with Crippen molar-refractivity contribution >= 4 is 15.9 Å². The highest BCUT2D eigenvalue weighted by atomic mass is 79.9. The van der Waals surface area contributed by atoms with E-state index in [9.17, 15) is 0 Å². The Balaban J connectivity index is 2.24. The van der Waals surface area contributed by atoms with Gasteiger partial charge in [0.15, 0.2) is 0 Å². The van der Waals surface area contributed by atoms with E-state index in [1.165, 1.54) is 5.56 Å². The van der Waals surface area contributed by atoms with Crippen molar-refractivity contribution in [2.75, 3.05) is 6.54 Å². The van der Waals surface area contributed by atoms with Crippen molar-refractivity contribution in [2.45, 2.75) is 20.4 Å². The van der Waals surface area contributed by atoms with Crippen molar-refractivity contribution in [3.8, 4) is 5.69 Å². The quantitative estimate of drug-likeness (QED) is 0.939. The zero-order valence-electron chi connectivity index (χ0n) is 10.1. The Morgan fingerprint density at radius 3 is 2.82 bits per heavy atom. The Labute approximate surface area is 110 Å². The van der Waals surface area contributed by atoms with Gasteiger partial charge in [-0.1, -0.05) is 28.9 Å². The van der Waals surface area contributed by atoms with Gasteiger partial charge in [-0.25, -0.2) is 4.68 Å². The summed E-state index contributed by atoms with van der Waals surface area (Å²) in [5, 5.41) is 7.62. The predicted molar refractivity (Wildman–Crippen MR) is 73.4 cm³/mol. The van der Waals surface area contributed by atoms with Gasteiger partial charge in [0.2, 0.25) is 0 Å². The van der Waals surface area contributed by atoms with Crippen molar-refractivity contribution in [3.05, 3.63) is 46.2 Å². The summed E-state index contributed by atoms with van der Waals surface area (Å²) in [7, 11) is 0. The fourth-order valence-electron chi connectivity index (χ4n) is 1.64. The van der Waals surface area contributed by atoms with Crippen molar-refractivity contribution in [1.29, 1.82) is 0 Å². The third-order valence-corrected chi connectivity index (χ3v) is 3.32. The lowest BCUT2D eigenvalue weighted by atomic mass is 10.2. The molecule has 3 nitrogen and oxygen atoms in total. The molecule has 1 aromatic carbocycles. The van der Waals surface area contributed by atoms with E-state index in [4.69, 9.17) is 0 Å². The Bertz CT molecular complexity index is 505. The number of aryl methyl sites for hydroxylation is 1. The van der Waals surface area contributed by atoms with E-state index in [0.717, 1.165) is 28.8 Å². The smallest absolute Gasteiger partial charge is 0.0657 e. The molecular formula is C13H16BrN3. The molecule has 90 valence electrons. The number of nitrogens with one attached hydrogen (secondary N) is 1. The zero-order chi connectivity index (χ0) is 12.3. The summed E-state index contributed by atoms with van der Waals surface area (Å²) < 4.78 is 3.00. The van der Waals surface area contributed by atoms with E-state index in [1.54, 1.807) is 0 Å². The molecule has 0 unspecified atom stereocenters. The van der Waals surface area contributed by atoms with Crippen molar-refractivity contribution in [1.82, 2.24) is 15.1 Å². The van der Waals surface area contributed by atoms with Crippen LogP contribution in [0.4, 0.5) is 0 Å². The molecule has 0 aliphatic heterocycles. The summed E-state index contributed by atoms with van der Waals surface area (Å²) in [4.78, 5) is 0. The standard InChI is InChI=1S/C13H16BrN3/c1-3-15-8-11-4-5-12(6-13(11)14)17-9-10(2)7-16-17/h4-7,9,15H,3,8H2,1-2H3. The number of hydrogen-bond acceptors (Lipinski definition) is 2. The molecule has 0 amide bonds. The van der Waals surface area contributed by atoms with Crippen LogP contribution in [0, 0.1) is 6.92 Å². The molecule has 1 heterocycles. The molecule has 4 heteroatoms. The van der Waals surface area contributed by atoms with Gasteiger partial charge in [-0.3, -0.25) is 0 Å². The van der Waals surface area contributed by atoms with Crippen LogP contribution in [0.3, 0.4) is 0 Å². The van der Waals surface area contributed by atoms with Gasteiger partial charge in [0, 0.05) is 17.2 Å². The maximum atomic E-state index is 4.30. The molecule has 2 aromatic rings. The highest BCUT2D eigenvalue weighted by molar-refractivity contribution is 9.10. The SMILES string of the molecule is CCNCc1ccc(-n2cc(C)cn2)cc1Br. The zero-order valence-corrected chi connectivity index (χ0v) is 11.7. The lowest BCUT2D eigenvalue weighted by Gasteiger charge is -2.08. The molecule has 17 heavy (non-hydrogen) atoms. The summed E-state index contributed by atoms with van der Waals surface area (Å²) in [6.45, 7) is 6.01. The summed E-state index contributed by atoms with van der Waals surface area (Å²) in [6.07, 6.45) is 3.88.